The molecule has 1 aliphatic rings. The van der Waals surface area contributed by atoms with Crippen LogP contribution in [0.4, 0.5) is 11.4 Å². The van der Waals surface area contributed by atoms with Gasteiger partial charge in [-0.15, -0.1) is 0 Å². The van der Waals surface area contributed by atoms with Crippen LogP contribution in [0.1, 0.15) is 25.6 Å². The second-order valence-electron chi connectivity index (χ2n) is 6.42. The van der Waals surface area contributed by atoms with Crippen LogP contribution in [-0.4, -0.2) is 38.3 Å². The van der Waals surface area contributed by atoms with Crippen LogP contribution in [0, 0.1) is 0 Å². The first-order valence-corrected chi connectivity index (χ1v) is 8.75. The Balaban J connectivity index is 1.53. The molecule has 25 heavy (non-hydrogen) atoms. The molecule has 3 N–H and O–H groups in total. The summed E-state index contributed by atoms with van der Waals surface area (Å²) in [6.45, 7) is 7.26. The molecule has 134 valence electrons. The van der Waals surface area contributed by atoms with Crippen LogP contribution < -0.4 is 15.5 Å². The molecular weight excluding hydrogens is 318 g/mol. The quantitative estimate of drug-likeness (QED) is 0.838. The molecule has 0 spiro atoms. The third kappa shape index (κ3) is 4.61. The highest BCUT2D eigenvalue weighted by Gasteiger charge is 2.21. The van der Waals surface area contributed by atoms with Crippen LogP contribution in [0.15, 0.2) is 47.1 Å². The lowest BCUT2D eigenvalue weighted by Crippen LogP contribution is -2.91. The highest BCUT2D eigenvalue weighted by atomic mass is 16.5. The molecule has 6 nitrogen and oxygen atoms in total. The average Bonchev–Trinajstić information content (AvgIpc) is 3.18. The number of hydrogen-bond donors (Lipinski definition) is 2. The molecule has 2 aromatic rings. The van der Waals surface area contributed by atoms with Crippen molar-refractivity contribution in [2.24, 2.45) is 0 Å². The van der Waals surface area contributed by atoms with Crippen molar-refractivity contribution in [3.8, 4) is 0 Å². The summed E-state index contributed by atoms with van der Waals surface area (Å²) in [5, 5.41) is 4.97. The van der Waals surface area contributed by atoms with Crippen molar-refractivity contribution in [3.63, 3.8) is 0 Å². The van der Waals surface area contributed by atoms with Crippen LogP contribution >= 0.6 is 0 Å². The maximum atomic E-state index is 12.4. The van der Waals surface area contributed by atoms with E-state index in [-0.39, 0.29) is 18.0 Å². The molecule has 0 radical (unpaired) electrons. The van der Waals surface area contributed by atoms with E-state index in [0.717, 1.165) is 43.4 Å². The number of hydrogen-bond acceptors (Lipinski definition) is 4. The predicted molar refractivity (Wildman–Crippen MR) is 96.6 cm³/mol. The second kappa shape index (κ2) is 8.18. The lowest BCUT2D eigenvalue weighted by molar-refractivity contribution is -0.711. The molecule has 0 aliphatic carbocycles. The summed E-state index contributed by atoms with van der Waals surface area (Å²) < 4.78 is 10.8. The average molecular weight is 344 g/mol. The van der Waals surface area contributed by atoms with Gasteiger partial charge >= 0.3 is 0 Å². The van der Waals surface area contributed by atoms with Crippen LogP contribution in [0.25, 0.3) is 0 Å². The first-order valence-electron chi connectivity index (χ1n) is 8.75. The number of morpholine rings is 1. The summed E-state index contributed by atoms with van der Waals surface area (Å²) in [5.41, 5.74) is 1.97. The summed E-state index contributed by atoms with van der Waals surface area (Å²) in [4.78, 5) is 14.7. The van der Waals surface area contributed by atoms with Crippen LogP contribution in [-0.2, 0) is 9.53 Å². The standard InChI is InChI=1S/C19H25N3O3/c1-14(18-4-3-11-25-18)20-15(2)19(23)21-16-5-7-17(8-6-16)22-9-12-24-13-10-22/h3-8,11,14-15,20H,9-10,12-13H2,1-2H3,(H,21,23)/p+1/t14-,15+/m1/s1. The van der Waals surface area contributed by atoms with E-state index in [0.29, 0.717) is 0 Å². The number of benzene rings is 1. The Hall–Kier alpha value is -2.31. The minimum absolute atomic E-state index is 0.0162. The fourth-order valence-corrected chi connectivity index (χ4v) is 3.00. The fraction of sp³-hybridized carbons (Fsp3) is 0.421. The van der Waals surface area contributed by atoms with E-state index in [1.54, 1.807) is 6.26 Å². The number of rotatable bonds is 6. The van der Waals surface area contributed by atoms with E-state index >= 15 is 0 Å². The van der Waals surface area contributed by atoms with Crippen molar-refractivity contribution in [3.05, 3.63) is 48.4 Å². The van der Waals surface area contributed by atoms with Crippen LogP contribution in [0.3, 0.4) is 0 Å². The second-order valence-corrected chi connectivity index (χ2v) is 6.42. The maximum Gasteiger partial charge on any atom is 0.282 e. The zero-order valence-corrected chi connectivity index (χ0v) is 14.8. The molecule has 1 aromatic heterocycles. The number of quaternary nitrogens is 1. The molecular formula is C19H26N3O3+. The SMILES string of the molecule is C[C@H]([NH2+][C@H](C)c1ccco1)C(=O)Nc1ccc(N2CCOCC2)cc1. The Morgan fingerprint density at radius 1 is 1.16 bits per heavy atom. The van der Waals surface area contributed by atoms with Gasteiger partial charge in [-0.2, -0.15) is 0 Å². The van der Waals surface area contributed by atoms with Gasteiger partial charge in [0.25, 0.3) is 5.91 Å². The topological polar surface area (TPSA) is 71.3 Å². The zero-order valence-electron chi connectivity index (χ0n) is 14.8. The number of carbonyl (C=O) groups is 1. The maximum absolute atomic E-state index is 12.4. The summed E-state index contributed by atoms with van der Waals surface area (Å²) in [5.74, 6) is 0.854. The zero-order chi connectivity index (χ0) is 17.6. The van der Waals surface area contributed by atoms with E-state index < -0.39 is 0 Å². The minimum Gasteiger partial charge on any atom is -0.463 e. The number of ether oxygens (including phenoxy) is 1. The van der Waals surface area contributed by atoms with Crippen LogP contribution in [0.5, 0.6) is 0 Å². The van der Waals surface area contributed by atoms with Crippen molar-refractivity contribution in [2.45, 2.75) is 25.9 Å². The van der Waals surface area contributed by atoms with Gasteiger partial charge in [0.1, 0.15) is 6.04 Å². The molecule has 2 atom stereocenters. The Labute approximate surface area is 148 Å². The molecule has 0 saturated carbocycles. The smallest absolute Gasteiger partial charge is 0.282 e. The molecule has 3 rings (SSSR count). The minimum atomic E-state index is -0.209. The fourth-order valence-electron chi connectivity index (χ4n) is 3.00. The molecule has 0 bridgehead atoms. The van der Waals surface area contributed by atoms with E-state index in [2.05, 4.69) is 10.2 Å². The number of carbonyl (C=O) groups excluding carboxylic acids is 1. The van der Waals surface area contributed by atoms with Crippen molar-refractivity contribution in [1.29, 1.82) is 0 Å². The van der Waals surface area contributed by atoms with Gasteiger partial charge in [0.05, 0.1) is 19.5 Å². The van der Waals surface area contributed by atoms with Gasteiger partial charge in [0.15, 0.2) is 11.8 Å². The number of furan rings is 1. The van der Waals surface area contributed by atoms with Crippen molar-refractivity contribution >= 4 is 17.3 Å². The van der Waals surface area contributed by atoms with E-state index in [1.807, 2.05) is 55.6 Å². The van der Waals surface area contributed by atoms with Gasteiger partial charge in [0, 0.05) is 24.5 Å². The first kappa shape index (κ1) is 17.5. The highest BCUT2D eigenvalue weighted by molar-refractivity contribution is 5.93. The summed E-state index contributed by atoms with van der Waals surface area (Å²) >= 11 is 0. The Morgan fingerprint density at radius 3 is 2.52 bits per heavy atom. The van der Waals surface area contributed by atoms with E-state index in [9.17, 15) is 4.79 Å². The number of nitrogens with one attached hydrogen (secondary N) is 1. The molecule has 1 fully saturated rings. The number of amides is 1. The number of nitrogens with zero attached hydrogens (tertiary/aromatic N) is 1. The molecule has 1 saturated heterocycles. The molecule has 6 heteroatoms. The number of nitrogens with two attached hydrogens (primary N) is 1. The van der Waals surface area contributed by atoms with Crippen molar-refractivity contribution < 1.29 is 19.3 Å². The molecule has 1 aromatic carbocycles. The Kier molecular flexibility index (Phi) is 5.73. The summed E-state index contributed by atoms with van der Waals surface area (Å²) in [6, 6.07) is 11.7. The highest BCUT2D eigenvalue weighted by Crippen LogP contribution is 2.19. The van der Waals surface area contributed by atoms with Gasteiger partial charge in [-0.05, 0) is 50.2 Å². The normalized spacial score (nSPS) is 17.1. The third-order valence-corrected chi connectivity index (χ3v) is 4.49. The third-order valence-electron chi connectivity index (χ3n) is 4.49. The molecule has 2 heterocycles. The van der Waals surface area contributed by atoms with Gasteiger partial charge in [-0.1, -0.05) is 0 Å². The molecule has 0 unspecified atom stereocenters. The van der Waals surface area contributed by atoms with Crippen molar-refractivity contribution in [2.75, 3.05) is 36.5 Å². The Morgan fingerprint density at radius 2 is 1.88 bits per heavy atom. The predicted octanol–water partition coefficient (Wildman–Crippen LogP) is 1.77. The number of anilines is 2. The lowest BCUT2D eigenvalue weighted by atomic mass is 10.2. The largest absolute Gasteiger partial charge is 0.463 e. The van der Waals surface area contributed by atoms with Crippen LogP contribution in [0.2, 0.25) is 0 Å². The first-order chi connectivity index (χ1) is 12.1. The van der Waals surface area contributed by atoms with Gasteiger partial charge in [-0.3, -0.25) is 4.79 Å². The van der Waals surface area contributed by atoms with Crippen molar-refractivity contribution in [1.82, 2.24) is 0 Å². The van der Waals surface area contributed by atoms with Gasteiger partial charge in [-0.25, -0.2) is 0 Å². The molecule has 1 amide bonds. The van der Waals surface area contributed by atoms with Gasteiger partial charge in [0.2, 0.25) is 0 Å². The summed E-state index contributed by atoms with van der Waals surface area (Å²) in [7, 11) is 0. The van der Waals surface area contributed by atoms with E-state index in [4.69, 9.17) is 9.15 Å². The monoisotopic (exact) mass is 344 g/mol. The lowest BCUT2D eigenvalue weighted by Gasteiger charge is -2.28. The molecule has 1 aliphatic heterocycles. The summed E-state index contributed by atoms with van der Waals surface area (Å²) in [6.07, 6.45) is 1.65. The Bertz CT molecular complexity index is 664. The van der Waals surface area contributed by atoms with Gasteiger partial charge < -0.3 is 24.7 Å². The van der Waals surface area contributed by atoms with E-state index in [1.165, 1.54) is 0 Å².